The third kappa shape index (κ3) is 5.27. The molecular weight excluding hydrogens is 340 g/mol. The summed E-state index contributed by atoms with van der Waals surface area (Å²) < 4.78 is 5.49. The van der Waals surface area contributed by atoms with Gasteiger partial charge in [-0.2, -0.15) is 0 Å². The van der Waals surface area contributed by atoms with Crippen LogP contribution in [0.25, 0.3) is 0 Å². The molecule has 0 radical (unpaired) electrons. The van der Waals surface area contributed by atoms with Crippen molar-refractivity contribution in [3.8, 4) is 18.1 Å². The number of nitrogens with one attached hydrogen (secondary N) is 2. The Morgan fingerprint density at radius 3 is 2.72 bits per heavy atom. The minimum atomic E-state index is -0.383. The number of hydrogen-bond donors (Lipinski definition) is 2. The fourth-order valence-electron chi connectivity index (χ4n) is 2.12. The van der Waals surface area contributed by atoms with Crippen LogP contribution in [0.5, 0.6) is 5.75 Å². The minimum Gasteiger partial charge on any atom is -0.483 e. The van der Waals surface area contributed by atoms with Crippen molar-refractivity contribution in [1.82, 2.24) is 5.32 Å². The van der Waals surface area contributed by atoms with Gasteiger partial charge in [-0.25, -0.2) is 0 Å². The van der Waals surface area contributed by atoms with Gasteiger partial charge in [0.25, 0.3) is 11.8 Å². The number of aryl methyl sites for hydroxylation is 1. The monoisotopic (exact) mass is 356 g/mol. The van der Waals surface area contributed by atoms with Gasteiger partial charge in [0.05, 0.1) is 17.8 Å². The van der Waals surface area contributed by atoms with Gasteiger partial charge in [-0.1, -0.05) is 29.7 Å². The topological polar surface area (TPSA) is 67.4 Å². The van der Waals surface area contributed by atoms with E-state index in [4.69, 9.17) is 22.8 Å². The number of ether oxygens (including phenoxy) is 1. The van der Waals surface area contributed by atoms with E-state index in [1.165, 1.54) is 0 Å². The van der Waals surface area contributed by atoms with Crippen LogP contribution in [-0.2, 0) is 4.79 Å². The lowest BCUT2D eigenvalue weighted by atomic mass is 10.1. The number of anilines is 1. The Morgan fingerprint density at radius 2 is 2.00 bits per heavy atom. The molecule has 0 saturated carbocycles. The summed E-state index contributed by atoms with van der Waals surface area (Å²) >= 11 is 5.89. The van der Waals surface area contributed by atoms with Crippen molar-refractivity contribution in [1.29, 1.82) is 0 Å². The van der Waals surface area contributed by atoms with Gasteiger partial charge in [0.15, 0.2) is 6.61 Å². The molecule has 0 fully saturated rings. The number of rotatable bonds is 6. The summed E-state index contributed by atoms with van der Waals surface area (Å²) in [6.45, 7) is 1.76. The molecule has 0 saturated heterocycles. The molecule has 0 aliphatic carbocycles. The SMILES string of the molecule is C#CCNC(=O)c1ccccc1NC(=O)COc1ccc(Cl)cc1C. The molecule has 2 rings (SSSR count). The Labute approximate surface area is 151 Å². The minimum absolute atomic E-state index is 0.111. The number of carbonyl (C=O) groups is 2. The highest BCUT2D eigenvalue weighted by atomic mass is 35.5. The molecule has 0 spiro atoms. The van der Waals surface area contributed by atoms with Crippen LogP contribution in [0.2, 0.25) is 5.02 Å². The van der Waals surface area contributed by atoms with Gasteiger partial charge < -0.3 is 15.4 Å². The van der Waals surface area contributed by atoms with Gasteiger partial charge in [0, 0.05) is 5.02 Å². The average molecular weight is 357 g/mol. The van der Waals surface area contributed by atoms with E-state index in [2.05, 4.69) is 16.6 Å². The summed E-state index contributed by atoms with van der Waals surface area (Å²) in [5.41, 5.74) is 1.54. The number of halogens is 1. The molecule has 0 heterocycles. The summed E-state index contributed by atoms with van der Waals surface area (Å²) in [5, 5.41) is 5.83. The second-order valence-electron chi connectivity index (χ2n) is 5.18. The molecule has 0 aliphatic rings. The zero-order valence-corrected chi connectivity index (χ0v) is 14.4. The van der Waals surface area contributed by atoms with E-state index in [0.29, 0.717) is 22.0 Å². The Balaban J connectivity index is 2.01. The second-order valence-corrected chi connectivity index (χ2v) is 5.62. The van der Waals surface area contributed by atoms with Crippen LogP contribution in [-0.4, -0.2) is 25.0 Å². The smallest absolute Gasteiger partial charge is 0.262 e. The van der Waals surface area contributed by atoms with Gasteiger partial charge in [0.2, 0.25) is 0 Å². The fourth-order valence-corrected chi connectivity index (χ4v) is 2.35. The lowest BCUT2D eigenvalue weighted by Crippen LogP contribution is -2.26. The summed E-state index contributed by atoms with van der Waals surface area (Å²) in [6, 6.07) is 11.8. The van der Waals surface area contributed by atoms with Crippen molar-refractivity contribution in [2.24, 2.45) is 0 Å². The zero-order valence-electron chi connectivity index (χ0n) is 13.6. The maximum Gasteiger partial charge on any atom is 0.262 e. The first-order valence-corrected chi connectivity index (χ1v) is 7.88. The number of para-hydroxylation sites is 1. The lowest BCUT2D eigenvalue weighted by Gasteiger charge is -2.12. The van der Waals surface area contributed by atoms with E-state index in [1.54, 1.807) is 42.5 Å². The highest BCUT2D eigenvalue weighted by Crippen LogP contribution is 2.22. The largest absolute Gasteiger partial charge is 0.483 e. The van der Waals surface area contributed by atoms with Crippen LogP contribution in [0.3, 0.4) is 0 Å². The van der Waals surface area contributed by atoms with Gasteiger partial charge in [-0.05, 0) is 42.8 Å². The standard InChI is InChI=1S/C19H17ClN2O3/c1-3-10-21-19(24)15-6-4-5-7-16(15)22-18(23)12-25-17-9-8-14(20)11-13(17)2/h1,4-9,11H,10,12H2,2H3,(H,21,24)(H,22,23). The molecule has 25 heavy (non-hydrogen) atoms. The van der Waals surface area contributed by atoms with Crippen LogP contribution in [0, 0.1) is 19.3 Å². The molecule has 0 aliphatic heterocycles. The molecule has 6 heteroatoms. The maximum atomic E-state index is 12.1. The quantitative estimate of drug-likeness (QED) is 0.782. The highest BCUT2D eigenvalue weighted by Gasteiger charge is 2.13. The third-order valence-electron chi connectivity index (χ3n) is 3.29. The van der Waals surface area contributed by atoms with Crippen molar-refractivity contribution in [3.05, 3.63) is 58.6 Å². The third-order valence-corrected chi connectivity index (χ3v) is 3.53. The first-order valence-electron chi connectivity index (χ1n) is 7.50. The number of terminal acetylenes is 1. The molecule has 0 bridgehead atoms. The molecule has 2 N–H and O–H groups in total. The predicted molar refractivity (Wildman–Crippen MR) is 97.9 cm³/mol. The Bertz CT molecular complexity index is 828. The molecule has 0 aromatic heterocycles. The molecule has 5 nitrogen and oxygen atoms in total. The molecule has 2 aromatic rings. The summed E-state index contributed by atoms with van der Waals surface area (Å²) in [7, 11) is 0. The Morgan fingerprint density at radius 1 is 1.24 bits per heavy atom. The number of carbonyl (C=O) groups excluding carboxylic acids is 2. The summed E-state index contributed by atoms with van der Waals surface area (Å²) in [4.78, 5) is 24.2. The van der Waals surface area contributed by atoms with Gasteiger partial charge in [0.1, 0.15) is 5.75 Å². The van der Waals surface area contributed by atoms with Crippen LogP contribution in [0.4, 0.5) is 5.69 Å². The van der Waals surface area contributed by atoms with Crippen LogP contribution in [0.1, 0.15) is 15.9 Å². The van der Waals surface area contributed by atoms with Crippen molar-refractivity contribution >= 4 is 29.1 Å². The Kier molecular flexibility index (Phi) is 6.44. The van der Waals surface area contributed by atoms with E-state index < -0.39 is 0 Å². The summed E-state index contributed by atoms with van der Waals surface area (Å²) in [5.74, 6) is 2.16. The van der Waals surface area contributed by atoms with Gasteiger partial charge >= 0.3 is 0 Å². The lowest BCUT2D eigenvalue weighted by molar-refractivity contribution is -0.118. The molecule has 2 aromatic carbocycles. The van der Waals surface area contributed by atoms with Gasteiger partial charge in [-0.3, -0.25) is 9.59 Å². The van der Waals surface area contributed by atoms with E-state index in [9.17, 15) is 9.59 Å². The van der Waals surface area contributed by atoms with Crippen molar-refractivity contribution < 1.29 is 14.3 Å². The number of amides is 2. The van der Waals surface area contributed by atoms with Crippen molar-refractivity contribution in [2.45, 2.75) is 6.92 Å². The molecule has 0 atom stereocenters. The van der Waals surface area contributed by atoms with Crippen molar-refractivity contribution in [2.75, 3.05) is 18.5 Å². The van der Waals surface area contributed by atoms with E-state index in [-0.39, 0.29) is 25.0 Å². The average Bonchev–Trinajstić information content (AvgIpc) is 2.59. The van der Waals surface area contributed by atoms with E-state index >= 15 is 0 Å². The molecule has 0 unspecified atom stereocenters. The van der Waals surface area contributed by atoms with E-state index in [1.807, 2.05) is 6.92 Å². The summed E-state index contributed by atoms with van der Waals surface area (Å²) in [6.07, 6.45) is 5.13. The predicted octanol–water partition coefficient (Wildman–Crippen LogP) is 3.03. The normalized spacial score (nSPS) is 9.80. The van der Waals surface area contributed by atoms with Crippen LogP contribution < -0.4 is 15.4 Å². The van der Waals surface area contributed by atoms with Crippen molar-refractivity contribution in [3.63, 3.8) is 0 Å². The second kappa shape index (κ2) is 8.76. The number of benzene rings is 2. The maximum absolute atomic E-state index is 12.1. The van der Waals surface area contributed by atoms with Gasteiger partial charge in [-0.15, -0.1) is 6.42 Å². The molecule has 2 amide bonds. The number of hydrogen-bond acceptors (Lipinski definition) is 3. The van der Waals surface area contributed by atoms with Crippen LogP contribution >= 0.6 is 11.6 Å². The zero-order chi connectivity index (χ0) is 18.2. The molecular formula is C19H17ClN2O3. The Hall–Kier alpha value is -2.97. The van der Waals surface area contributed by atoms with E-state index in [0.717, 1.165) is 5.56 Å². The first kappa shape index (κ1) is 18.4. The highest BCUT2D eigenvalue weighted by molar-refractivity contribution is 6.30. The fraction of sp³-hybridized carbons (Fsp3) is 0.158. The first-order chi connectivity index (χ1) is 12.0. The van der Waals surface area contributed by atoms with Crippen LogP contribution in [0.15, 0.2) is 42.5 Å². The molecule has 128 valence electrons.